The van der Waals surface area contributed by atoms with Gasteiger partial charge in [-0.2, -0.15) is 0 Å². The lowest BCUT2D eigenvalue weighted by molar-refractivity contribution is 0.818. The molecule has 1 aromatic carbocycles. The van der Waals surface area contributed by atoms with Crippen molar-refractivity contribution in [1.29, 1.82) is 0 Å². The van der Waals surface area contributed by atoms with Crippen LogP contribution in [0.5, 0.6) is 0 Å². The van der Waals surface area contributed by atoms with E-state index in [2.05, 4.69) is 55.6 Å². The Morgan fingerprint density at radius 1 is 0.871 bits per heavy atom. The molecule has 4 aromatic heterocycles. The van der Waals surface area contributed by atoms with Crippen LogP contribution in [-0.2, 0) is 6.54 Å². The number of aromatic nitrogens is 5. The SMILES string of the molecule is CNCc1ccc(-c2cncc(-c3nc(-c4cccc(C)n4)nc4[nH]ccc34)c2)cc1. The molecule has 2 N–H and O–H groups in total. The molecule has 0 aliphatic rings. The van der Waals surface area contributed by atoms with Crippen LogP contribution in [0.15, 0.2) is 73.2 Å². The standard InChI is InChI=1S/C25H22N6/c1-16-4-3-5-22(29-16)25-30-23(21-10-11-28-24(21)31-25)20-12-19(14-27-15-20)18-8-6-17(7-9-18)13-26-2/h3-12,14-15,26H,13H2,1-2H3,(H,28,30,31). The number of H-pyrrole nitrogens is 1. The second kappa shape index (κ2) is 8.08. The van der Waals surface area contributed by atoms with E-state index >= 15 is 0 Å². The highest BCUT2D eigenvalue weighted by atomic mass is 15.0. The molecule has 0 atom stereocenters. The zero-order chi connectivity index (χ0) is 21.2. The van der Waals surface area contributed by atoms with E-state index in [-0.39, 0.29) is 0 Å². The van der Waals surface area contributed by atoms with E-state index in [0.717, 1.165) is 51.4 Å². The first-order valence-electron chi connectivity index (χ1n) is 10.2. The van der Waals surface area contributed by atoms with Gasteiger partial charge >= 0.3 is 0 Å². The first-order chi connectivity index (χ1) is 15.2. The molecule has 0 saturated carbocycles. The van der Waals surface area contributed by atoms with E-state index in [4.69, 9.17) is 4.98 Å². The smallest absolute Gasteiger partial charge is 0.180 e. The fourth-order valence-electron chi connectivity index (χ4n) is 3.69. The van der Waals surface area contributed by atoms with Crippen molar-refractivity contribution in [2.75, 3.05) is 7.05 Å². The number of fused-ring (bicyclic) bond motifs is 1. The molecule has 0 aliphatic heterocycles. The number of aryl methyl sites for hydroxylation is 1. The van der Waals surface area contributed by atoms with Gasteiger partial charge in [0, 0.05) is 47.3 Å². The maximum absolute atomic E-state index is 4.89. The number of pyridine rings is 2. The van der Waals surface area contributed by atoms with Crippen molar-refractivity contribution in [2.24, 2.45) is 0 Å². The van der Waals surface area contributed by atoms with Gasteiger partial charge in [0.1, 0.15) is 11.3 Å². The van der Waals surface area contributed by atoms with Gasteiger partial charge in [0.15, 0.2) is 5.82 Å². The lowest BCUT2D eigenvalue weighted by Crippen LogP contribution is -2.04. The zero-order valence-corrected chi connectivity index (χ0v) is 17.4. The average Bonchev–Trinajstić information content (AvgIpc) is 3.28. The van der Waals surface area contributed by atoms with E-state index < -0.39 is 0 Å². The van der Waals surface area contributed by atoms with Crippen molar-refractivity contribution < 1.29 is 0 Å². The molecule has 0 radical (unpaired) electrons. The molecule has 152 valence electrons. The average molecular weight is 406 g/mol. The second-order valence-corrected chi connectivity index (χ2v) is 7.49. The molecule has 6 nitrogen and oxygen atoms in total. The van der Waals surface area contributed by atoms with Crippen LogP contribution in [0.4, 0.5) is 0 Å². The Kier molecular flexibility index (Phi) is 4.98. The van der Waals surface area contributed by atoms with Gasteiger partial charge in [-0.1, -0.05) is 30.3 Å². The minimum Gasteiger partial charge on any atom is -0.346 e. The van der Waals surface area contributed by atoms with Crippen LogP contribution in [0.2, 0.25) is 0 Å². The zero-order valence-electron chi connectivity index (χ0n) is 17.4. The molecule has 0 saturated heterocycles. The van der Waals surface area contributed by atoms with Crippen molar-refractivity contribution in [3.8, 4) is 33.9 Å². The monoisotopic (exact) mass is 406 g/mol. The van der Waals surface area contributed by atoms with E-state index in [1.54, 1.807) is 0 Å². The normalized spacial score (nSPS) is 11.2. The van der Waals surface area contributed by atoms with Gasteiger partial charge < -0.3 is 10.3 Å². The molecule has 6 heteroatoms. The summed E-state index contributed by atoms with van der Waals surface area (Å²) in [5, 5.41) is 4.13. The molecule has 31 heavy (non-hydrogen) atoms. The van der Waals surface area contributed by atoms with Crippen LogP contribution in [0.1, 0.15) is 11.3 Å². The molecule has 0 unspecified atom stereocenters. The highest BCUT2D eigenvalue weighted by Crippen LogP contribution is 2.30. The summed E-state index contributed by atoms with van der Waals surface area (Å²) in [6.07, 6.45) is 5.62. The third-order valence-electron chi connectivity index (χ3n) is 5.21. The van der Waals surface area contributed by atoms with E-state index in [0.29, 0.717) is 5.82 Å². The summed E-state index contributed by atoms with van der Waals surface area (Å²) in [6, 6.07) is 18.5. The molecule has 0 fully saturated rings. The quantitative estimate of drug-likeness (QED) is 0.439. The predicted molar refractivity (Wildman–Crippen MR) is 123 cm³/mol. The molecule has 0 aliphatic carbocycles. The number of benzene rings is 1. The Labute approximate surface area is 180 Å². The molecule has 5 aromatic rings. The van der Waals surface area contributed by atoms with Gasteiger partial charge in [0.2, 0.25) is 0 Å². The summed E-state index contributed by atoms with van der Waals surface area (Å²) in [5.74, 6) is 0.593. The fourth-order valence-corrected chi connectivity index (χ4v) is 3.69. The number of hydrogen-bond donors (Lipinski definition) is 2. The number of aromatic amines is 1. The molecule has 0 spiro atoms. The summed E-state index contributed by atoms with van der Waals surface area (Å²) < 4.78 is 0. The van der Waals surface area contributed by atoms with E-state index in [1.165, 1.54) is 5.56 Å². The Morgan fingerprint density at radius 2 is 1.71 bits per heavy atom. The Bertz CT molecular complexity index is 1350. The van der Waals surface area contributed by atoms with Gasteiger partial charge in [0.25, 0.3) is 0 Å². The fraction of sp³-hybridized carbons (Fsp3) is 0.120. The number of rotatable bonds is 5. The Balaban J connectivity index is 1.61. The van der Waals surface area contributed by atoms with Crippen LogP contribution < -0.4 is 5.32 Å². The number of hydrogen-bond acceptors (Lipinski definition) is 5. The first kappa shape index (κ1) is 19.1. The van der Waals surface area contributed by atoms with Gasteiger partial charge in [-0.15, -0.1) is 0 Å². The predicted octanol–water partition coefficient (Wildman–Crippen LogP) is 4.78. The van der Waals surface area contributed by atoms with Crippen molar-refractivity contribution in [1.82, 2.24) is 30.2 Å². The Hall–Kier alpha value is -3.90. The summed E-state index contributed by atoms with van der Waals surface area (Å²) in [5.41, 5.74) is 7.66. The van der Waals surface area contributed by atoms with Gasteiger partial charge in [-0.05, 0) is 49.4 Å². The third-order valence-corrected chi connectivity index (χ3v) is 5.21. The molecule has 5 rings (SSSR count). The number of nitrogens with one attached hydrogen (secondary N) is 2. The molecule has 4 heterocycles. The molecule has 0 amide bonds. The van der Waals surface area contributed by atoms with Crippen LogP contribution in [-0.4, -0.2) is 32.0 Å². The van der Waals surface area contributed by atoms with E-state index in [9.17, 15) is 0 Å². The third kappa shape index (κ3) is 3.81. The van der Waals surface area contributed by atoms with Crippen LogP contribution in [0, 0.1) is 6.92 Å². The van der Waals surface area contributed by atoms with E-state index in [1.807, 2.05) is 56.8 Å². The maximum atomic E-state index is 4.89. The minimum absolute atomic E-state index is 0.593. The van der Waals surface area contributed by atoms with Crippen molar-refractivity contribution in [3.05, 3.63) is 84.4 Å². The molecular formula is C25H22N6. The summed E-state index contributed by atoms with van der Waals surface area (Å²) in [7, 11) is 1.95. The van der Waals surface area contributed by atoms with Gasteiger partial charge in [0.05, 0.1) is 5.69 Å². The van der Waals surface area contributed by atoms with Crippen LogP contribution >= 0.6 is 0 Å². The van der Waals surface area contributed by atoms with Crippen molar-refractivity contribution in [2.45, 2.75) is 13.5 Å². The Morgan fingerprint density at radius 3 is 2.52 bits per heavy atom. The van der Waals surface area contributed by atoms with Gasteiger partial charge in [-0.25, -0.2) is 15.0 Å². The summed E-state index contributed by atoms with van der Waals surface area (Å²) in [4.78, 5) is 21.9. The van der Waals surface area contributed by atoms with Crippen LogP contribution in [0.3, 0.4) is 0 Å². The summed E-state index contributed by atoms with van der Waals surface area (Å²) in [6.45, 7) is 2.81. The highest BCUT2D eigenvalue weighted by molar-refractivity contribution is 5.92. The van der Waals surface area contributed by atoms with Crippen molar-refractivity contribution >= 4 is 11.0 Å². The molecular weight excluding hydrogens is 384 g/mol. The minimum atomic E-state index is 0.593. The van der Waals surface area contributed by atoms with Crippen LogP contribution in [0.25, 0.3) is 44.9 Å². The van der Waals surface area contributed by atoms with Gasteiger partial charge in [-0.3, -0.25) is 4.98 Å². The van der Waals surface area contributed by atoms with Crippen molar-refractivity contribution in [3.63, 3.8) is 0 Å². The second-order valence-electron chi connectivity index (χ2n) is 7.49. The largest absolute Gasteiger partial charge is 0.346 e. The topological polar surface area (TPSA) is 79.4 Å². The molecule has 0 bridgehead atoms. The maximum Gasteiger partial charge on any atom is 0.180 e. The number of nitrogens with zero attached hydrogens (tertiary/aromatic N) is 4. The highest BCUT2D eigenvalue weighted by Gasteiger charge is 2.14. The summed E-state index contributed by atoms with van der Waals surface area (Å²) >= 11 is 0. The lowest BCUT2D eigenvalue weighted by Gasteiger charge is -2.09. The first-order valence-corrected chi connectivity index (χ1v) is 10.2. The lowest BCUT2D eigenvalue weighted by atomic mass is 10.0.